The molecule has 0 atom stereocenters. The number of amides is 2. The van der Waals surface area contributed by atoms with E-state index in [1.807, 2.05) is 84.9 Å². The van der Waals surface area contributed by atoms with Crippen LogP contribution in [0.1, 0.15) is 31.8 Å². The molecular formula is C30H26N2O6. The zero-order valence-corrected chi connectivity index (χ0v) is 20.7. The number of ether oxygens (including phenoxy) is 1. The van der Waals surface area contributed by atoms with Crippen molar-refractivity contribution in [2.24, 2.45) is 0 Å². The minimum absolute atomic E-state index is 0.266. The van der Waals surface area contributed by atoms with Crippen molar-refractivity contribution in [2.75, 3.05) is 11.9 Å². The summed E-state index contributed by atoms with van der Waals surface area (Å²) in [5.74, 6) is -1.35. The van der Waals surface area contributed by atoms with Crippen molar-refractivity contribution in [1.29, 1.82) is 0 Å². The molecule has 192 valence electrons. The first-order valence-electron chi connectivity index (χ1n) is 11.8. The Morgan fingerprint density at radius 1 is 0.658 bits per heavy atom. The van der Waals surface area contributed by atoms with Gasteiger partial charge in [0.25, 0.3) is 0 Å². The molecule has 0 radical (unpaired) electrons. The third kappa shape index (κ3) is 6.36. The Balaban J connectivity index is 1.57. The minimum atomic E-state index is -1.39. The van der Waals surface area contributed by atoms with Crippen LogP contribution in [0.3, 0.4) is 0 Å². The number of rotatable bonds is 9. The predicted molar refractivity (Wildman–Crippen MR) is 143 cm³/mol. The highest BCUT2D eigenvalue weighted by molar-refractivity contribution is 6.03. The number of carboxylic acids is 2. The van der Waals surface area contributed by atoms with Crippen molar-refractivity contribution in [3.63, 3.8) is 0 Å². The Morgan fingerprint density at radius 2 is 1.18 bits per heavy atom. The van der Waals surface area contributed by atoms with Gasteiger partial charge in [-0.1, -0.05) is 60.7 Å². The van der Waals surface area contributed by atoms with Gasteiger partial charge in [-0.2, -0.15) is 0 Å². The molecule has 2 amide bonds. The van der Waals surface area contributed by atoms with Gasteiger partial charge in [-0.05, 0) is 53.6 Å². The first kappa shape index (κ1) is 26.0. The van der Waals surface area contributed by atoms with E-state index in [0.29, 0.717) is 12.3 Å². The number of anilines is 1. The fourth-order valence-corrected chi connectivity index (χ4v) is 3.93. The number of aromatic carboxylic acids is 2. The quantitative estimate of drug-likeness (QED) is 0.280. The second-order valence-corrected chi connectivity index (χ2v) is 8.58. The average molecular weight is 511 g/mol. The molecule has 0 aromatic heterocycles. The zero-order chi connectivity index (χ0) is 27.1. The van der Waals surface area contributed by atoms with Crippen LogP contribution in [-0.2, 0) is 13.1 Å². The zero-order valence-electron chi connectivity index (χ0n) is 20.7. The van der Waals surface area contributed by atoms with E-state index in [1.54, 1.807) is 4.90 Å². The molecule has 38 heavy (non-hydrogen) atoms. The van der Waals surface area contributed by atoms with E-state index in [2.05, 4.69) is 0 Å². The summed E-state index contributed by atoms with van der Waals surface area (Å²) in [6.07, 6.45) is 0. The van der Waals surface area contributed by atoms with Gasteiger partial charge in [-0.15, -0.1) is 0 Å². The summed E-state index contributed by atoms with van der Waals surface area (Å²) in [5, 5.41) is 18.8. The van der Waals surface area contributed by atoms with Crippen LogP contribution in [0.5, 0.6) is 11.5 Å². The van der Waals surface area contributed by atoms with E-state index >= 15 is 0 Å². The van der Waals surface area contributed by atoms with E-state index in [1.165, 1.54) is 30.1 Å². The van der Waals surface area contributed by atoms with Crippen molar-refractivity contribution >= 4 is 23.7 Å². The van der Waals surface area contributed by atoms with Crippen LogP contribution in [0.25, 0.3) is 0 Å². The minimum Gasteiger partial charge on any atom is -0.478 e. The van der Waals surface area contributed by atoms with Crippen LogP contribution in [0.2, 0.25) is 0 Å². The fourth-order valence-electron chi connectivity index (χ4n) is 3.93. The summed E-state index contributed by atoms with van der Waals surface area (Å²) in [6, 6.07) is 29.8. The summed E-state index contributed by atoms with van der Waals surface area (Å²) in [7, 11) is 1.53. The highest BCUT2D eigenvalue weighted by Gasteiger charge is 2.23. The van der Waals surface area contributed by atoms with Gasteiger partial charge in [-0.25, -0.2) is 14.4 Å². The summed E-state index contributed by atoms with van der Waals surface area (Å²) in [6.45, 7) is 0.591. The molecule has 0 aliphatic rings. The van der Waals surface area contributed by atoms with Crippen LogP contribution in [0.15, 0.2) is 103 Å². The third-order valence-electron chi connectivity index (χ3n) is 5.90. The van der Waals surface area contributed by atoms with Gasteiger partial charge in [0.15, 0.2) is 0 Å². The van der Waals surface area contributed by atoms with Gasteiger partial charge in [0.05, 0.1) is 11.1 Å². The highest BCUT2D eigenvalue weighted by Crippen LogP contribution is 2.24. The molecule has 0 unspecified atom stereocenters. The fraction of sp³-hybridized carbons (Fsp3) is 0.100. The van der Waals surface area contributed by atoms with E-state index in [9.17, 15) is 24.6 Å². The molecule has 8 heteroatoms. The lowest BCUT2D eigenvalue weighted by atomic mass is 10.1. The number of carboxylic acid groups (broad SMARTS) is 2. The molecule has 4 aromatic rings. The van der Waals surface area contributed by atoms with Crippen molar-refractivity contribution in [1.82, 2.24) is 4.90 Å². The van der Waals surface area contributed by atoms with Crippen LogP contribution in [0, 0.1) is 0 Å². The van der Waals surface area contributed by atoms with E-state index in [0.717, 1.165) is 16.9 Å². The molecule has 0 spiro atoms. The summed E-state index contributed by atoms with van der Waals surface area (Å²) < 4.78 is 5.86. The largest absolute Gasteiger partial charge is 0.478 e. The van der Waals surface area contributed by atoms with Gasteiger partial charge in [0.1, 0.15) is 11.5 Å². The molecule has 8 nitrogen and oxygen atoms in total. The molecule has 0 aliphatic carbocycles. The van der Waals surface area contributed by atoms with Gasteiger partial charge >= 0.3 is 18.0 Å². The second-order valence-electron chi connectivity index (χ2n) is 8.58. The Kier molecular flexibility index (Phi) is 8.03. The number of hydrogen-bond acceptors (Lipinski definition) is 4. The molecule has 4 aromatic carbocycles. The van der Waals surface area contributed by atoms with E-state index < -0.39 is 17.5 Å². The Labute approximate surface area is 219 Å². The molecule has 0 fully saturated rings. The second kappa shape index (κ2) is 11.7. The number of carbonyl (C=O) groups is 3. The first-order valence-corrected chi connectivity index (χ1v) is 11.8. The predicted octanol–water partition coefficient (Wildman–Crippen LogP) is 6.13. The SMILES string of the molecule is CN(C(=O)N(Cc1ccccc1)Cc1ccc(Oc2ccccc2)cc1)c1ccc(C(=O)O)c(C(=O)O)c1. The summed E-state index contributed by atoms with van der Waals surface area (Å²) >= 11 is 0. The standard InChI is InChI=1S/C30H26N2O6/c1-31(23-14-17-26(28(33)34)27(18-23)29(35)36)30(37)32(19-21-8-4-2-5-9-21)20-22-12-15-25(16-13-22)38-24-10-6-3-7-11-24/h2-18H,19-20H2,1H3,(H,33,34)(H,35,36). The lowest BCUT2D eigenvalue weighted by Crippen LogP contribution is -2.40. The normalized spacial score (nSPS) is 10.4. The maximum absolute atomic E-state index is 13.6. The number of benzene rings is 4. The molecule has 0 bridgehead atoms. The molecule has 0 saturated heterocycles. The van der Waals surface area contributed by atoms with Crippen LogP contribution >= 0.6 is 0 Å². The van der Waals surface area contributed by atoms with Crippen molar-refractivity contribution < 1.29 is 29.3 Å². The Hall–Kier alpha value is -5.11. The van der Waals surface area contributed by atoms with Gasteiger partial charge in [-0.3, -0.25) is 4.90 Å². The van der Waals surface area contributed by atoms with Crippen LogP contribution in [-0.4, -0.2) is 40.1 Å². The molecule has 0 saturated carbocycles. The smallest absolute Gasteiger partial charge is 0.336 e. The monoisotopic (exact) mass is 510 g/mol. The van der Waals surface area contributed by atoms with Gasteiger partial charge < -0.3 is 19.8 Å². The first-order chi connectivity index (χ1) is 18.3. The molecular weight excluding hydrogens is 484 g/mol. The van der Waals surface area contributed by atoms with E-state index in [4.69, 9.17) is 4.74 Å². The summed E-state index contributed by atoms with van der Waals surface area (Å²) in [4.78, 5) is 39.6. The van der Waals surface area contributed by atoms with Gasteiger partial charge in [0.2, 0.25) is 0 Å². The maximum atomic E-state index is 13.6. The van der Waals surface area contributed by atoms with Gasteiger partial charge in [0, 0.05) is 25.8 Å². The number of carbonyl (C=O) groups excluding carboxylic acids is 1. The number of urea groups is 1. The number of nitrogens with zero attached hydrogens (tertiary/aromatic N) is 2. The van der Waals surface area contributed by atoms with Crippen molar-refractivity contribution in [3.8, 4) is 11.5 Å². The van der Waals surface area contributed by atoms with Crippen molar-refractivity contribution in [2.45, 2.75) is 13.1 Å². The highest BCUT2D eigenvalue weighted by atomic mass is 16.5. The number of para-hydroxylation sites is 1. The Bertz CT molecular complexity index is 1420. The average Bonchev–Trinajstić information content (AvgIpc) is 2.93. The molecule has 4 rings (SSSR count). The maximum Gasteiger partial charge on any atom is 0.336 e. The topological polar surface area (TPSA) is 107 Å². The Morgan fingerprint density at radius 3 is 1.76 bits per heavy atom. The summed E-state index contributed by atoms with van der Waals surface area (Å²) in [5.41, 5.74) is 1.32. The lowest BCUT2D eigenvalue weighted by Gasteiger charge is -2.29. The van der Waals surface area contributed by atoms with Crippen molar-refractivity contribution in [3.05, 3.63) is 125 Å². The lowest BCUT2D eigenvalue weighted by molar-refractivity contribution is 0.0651. The molecule has 2 N–H and O–H groups in total. The molecule has 0 heterocycles. The third-order valence-corrected chi connectivity index (χ3v) is 5.90. The molecule has 0 aliphatic heterocycles. The number of hydrogen-bond donors (Lipinski definition) is 2. The van der Waals surface area contributed by atoms with E-state index in [-0.39, 0.29) is 23.8 Å². The van der Waals surface area contributed by atoms with Crippen LogP contribution < -0.4 is 9.64 Å². The van der Waals surface area contributed by atoms with Crippen LogP contribution in [0.4, 0.5) is 10.5 Å².